The topological polar surface area (TPSA) is 40.5 Å². The molecule has 0 aromatic heterocycles. The summed E-state index contributed by atoms with van der Waals surface area (Å²) < 4.78 is 0. The highest BCUT2D eigenvalue weighted by atomic mass is 16.3. The molecule has 1 aromatic carbocycles. The van der Waals surface area contributed by atoms with Crippen LogP contribution in [0.5, 0.6) is 0 Å². The van der Waals surface area contributed by atoms with Crippen molar-refractivity contribution in [1.82, 2.24) is 0 Å². The van der Waals surface area contributed by atoms with Crippen molar-refractivity contribution in [2.75, 3.05) is 13.2 Å². The van der Waals surface area contributed by atoms with Crippen molar-refractivity contribution in [2.24, 2.45) is 5.41 Å². The van der Waals surface area contributed by atoms with E-state index in [1.165, 1.54) is 5.56 Å². The maximum absolute atomic E-state index is 9.50. The lowest BCUT2D eigenvalue weighted by Crippen LogP contribution is -2.32. The second kappa shape index (κ2) is 6.66. The van der Waals surface area contributed by atoms with Gasteiger partial charge in [-0.2, -0.15) is 0 Å². The Labute approximate surface area is 97.9 Å². The van der Waals surface area contributed by atoms with E-state index in [2.05, 4.69) is 6.92 Å². The quantitative estimate of drug-likeness (QED) is 0.743. The zero-order chi connectivity index (χ0) is 11.9. The molecule has 0 aliphatic heterocycles. The number of hydrogen-bond donors (Lipinski definition) is 2. The molecule has 0 fully saturated rings. The van der Waals surface area contributed by atoms with E-state index >= 15 is 0 Å². The van der Waals surface area contributed by atoms with Gasteiger partial charge in [-0.25, -0.2) is 0 Å². The molecule has 0 unspecified atom stereocenters. The molecule has 2 nitrogen and oxygen atoms in total. The summed E-state index contributed by atoms with van der Waals surface area (Å²) in [4.78, 5) is 0. The van der Waals surface area contributed by atoms with E-state index in [0.717, 1.165) is 25.7 Å². The minimum Gasteiger partial charge on any atom is -0.396 e. The van der Waals surface area contributed by atoms with Crippen molar-refractivity contribution in [3.8, 4) is 0 Å². The predicted octanol–water partition coefficient (Wildman–Crippen LogP) is 2.39. The fourth-order valence-electron chi connectivity index (χ4n) is 1.99. The third-order valence-corrected chi connectivity index (χ3v) is 3.15. The molecule has 0 aliphatic carbocycles. The summed E-state index contributed by atoms with van der Waals surface area (Å²) in [7, 11) is 0. The zero-order valence-electron chi connectivity index (χ0n) is 10.0. The molecule has 0 saturated heterocycles. The normalized spacial score (nSPS) is 11.7. The van der Waals surface area contributed by atoms with Crippen LogP contribution in [-0.2, 0) is 6.42 Å². The third-order valence-electron chi connectivity index (χ3n) is 3.15. The van der Waals surface area contributed by atoms with Crippen LogP contribution in [0.3, 0.4) is 0 Å². The first-order valence-corrected chi connectivity index (χ1v) is 6.02. The second-order valence-electron chi connectivity index (χ2n) is 4.58. The van der Waals surface area contributed by atoms with Crippen molar-refractivity contribution < 1.29 is 10.2 Å². The molecule has 2 heteroatoms. The van der Waals surface area contributed by atoms with E-state index in [9.17, 15) is 10.2 Å². The summed E-state index contributed by atoms with van der Waals surface area (Å²) in [6, 6.07) is 10.1. The van der Waals surface area contributed by atoms with Gasteiger partial charge in [0.1, 0.15) is 0 Å². The van der Waals surface area contributed by atoms with E-state index in [1.54, 1.807) is 0 Å². The highest BCUT2D eigenvalue weighted by molar-refractivity contribution is 5.16. The van der Waals surface area contributed by atoms with Crippen LogP contribution in [0.4, 0.5) is 0 Å². The Hall–Kier alpha value is -0.860. The molecule has 2 N–H and O–H groups in total. The maximum Gasteiger partial charge on any atom is 0.0512 e. The molecule has 0 amide bonds. The Balaban J connectivity index is 2.70. The first kappa shape index (κ1) is 13.2. The van der Waals surface area contributed by atoms with E-state index in [-0.39, 0.29) is 18.6 Å². The highest BCUT2D eigenvalue weighted by Crippen LogP contribution is 2.28. The van der Waals surface area contributed by atoms with Crippen LogP contribution in [0.1, 0.15) is 31.7 Å². The van der Waals surface area contributed by atoms with Gasteiger partial charge in [-0.15, -0.1) is 0 Å². The lowest BCUT2D eigenvalue weighted by atomic mass is 9.79. The lowest BCUT2D eigenvalue weighted by molar-refractivity contribution is 0.0454. The molecule has 1 aromatic rings. The van der Waals surface area contributed by atoms with E-state index in [1.807, 2.05) is 30.3 Å². The summed E-state index contributed by atoms with van der Waals surface area (Å²) >= 11 is 0. The van der Waals surface area contributed by atoms with Gasteiger partial charge >= 0.3 is 0 Å². The van der Waals surface area contributed by atoms with Gasteiger partial charge in [-0.3, -0.25) is 0 Å². The van der Waals surface area contributed by atoms with Crippen LogP contribution in [0.25, 0.3) is 0 Å². The molecular formula is C14H22O2. The smallest absolute Gasteiger partial charge is 0.0512 e. The van der Waals surface area contributed by atoms with E-state index in [0.29, 0.717) is 0 Å². The second-order valence-corrected chi connectivity index (χ2v) is 4.58. The lowest BCUT2D eigenvalue weighted by Gasteiger charge is -2.30. The number of aliphatic hydroxyl groups excluding tert-OH is 2. The van der Waals surface area contributed by atoms with Gasteiger partial charge in [-0.1, -0.05) is 50.1 Å². The monoisotopic (exact) mass is 222 g/mol. The van der Waals surface area contributed by atoms with Crippen molar-refractivity contribution in [3.63, 3.8) is 0 Å². The molecule has 1 rings (SSSR count). The number of aliphatic hydroxyl groups is 2. The summed E-state index contributed by atoms with van der Waals surface area (Å²) in [5, 5.41) is 19.0. The first-order valence-electron chi connectivity index (χ1n) is 6.02. The standard InChI is InChI=1S/C14H22O2/c1-2-3-9-14(11-15,12-16)10-13-7-5-4-6-8-13/h4-8,15-16H,2-3,9-12H2,1H3. The van der Waals surface area contributed by atoms with Gasteiger partial charge in [0.2, 0.25) is 0 Å². The van der Waals surface area contributed by atoms with Gasteiger partial charge in [-0.05, 0) is 18.4 Å². The van der Waals surface area contributed by atoms with Crippen LogP contribution in [0.2, 0.25) is 0 Å². The van der Waals surface area contributed by atoms with Crippen LogP contribution in [0.15, 0.2) is 30.3 Å². The average molecular weight is 222 g/mol. The summed E-state index contributed by atoms with van der Waals surface area (Å²) in [6.07, 6.45) is 3.77. The van der Waals surface area contributed by atoms with Crippen molar-refractivity contribution in [3.05, 3.63) is 35.9 Å². The molecule has 0 saturated carbocycles. The Morgan fingerprint density at radius 3 is 2.19 bits per heavy atom. The fourth-order valence-corrected chi connectivity index (χ4v) is 1.99. The van der Waals surface area contributed by atoms with Crippen LogP contribution in [-0.4, -0.2) is 23.4 Å². The Morgan fingerprint density at radius 1 is 1.06 bits per heavy atom. The Kier molecular flexibility index (Phi) is 5.50. The molecule has 0 heterocycles. The molecular weight excluding hydrogens is 200 g/mol. The maximum atomic E-state index is 9.50. The first-order chi connectivity index (χ1) is 7.76. The minimum absolute atomic E-state index is 0.0540. The van der Waals surface area contributed by atoms with Crippen LogP contribution in [0, 0.1) is 5.41 Å². The number of hydrogen-bond acceptors (Lipinski definition) is 2. The van der Waals surface area contributed by atoms with Crippen molar-refractivity contribution >= 4 is 0 Å². The number of benzene rings is 1. The molecule has 16 heavy (non-hydrogen) atoms. The molecule has 0 bridgehead atoms. The van der Waals surface area contributed by atoms with E-state index < -0.39 is 0 Å². The Morgan fingerprint density at radius 2 is 1.69 bits per heavy atom. The van der Waals surface area contributed by atoms with Crippen molar-refractivity contribution in [1.29, 1.82) is 0 Å². The molecule has 0 spiro atoms. The summed E-state index contributed by atoms with van der Waals surface area (Å²) in [6.45, 7) is 2.23. The van der Waals surface area contributed by atoms with Crippen molar-refractivity contribution in [2.45, 2.75) is 32.6 Å². The van der Waals surface area contributed by atoms with Gasteiger partial charge in [0.05, 0.1) is 13.2 Å². The molecule has 0 atom stereocenters. The van der Waals surface area contributed by atoms with Crippen LogP contribution >= 0.6 is 0 Å². The zero-order valence-corrected chi connectivity index (χ0v) is 10.0. The van der Waals surface area contributed by atoms with Gasteiger partial charge < -0.3 is 10.2 Å². The molecule has 0 aliphatic rings. The highest BCUT2D eigenvalue weighted by Gasteiger charge is 2.28. The molecule has 90 valence electrons. The predicted molar refractivity (Wildman–Crippen MR) is 66.3 cm³/mol. The Bertz CT molecular complexity index is 278. The third kappa shape index (κ3) is 3.62. The SMILES string of the molecule is CCCCC(CO)(CO)Cc1ccccc1. The average Bonchev–Trinajstić information content (AvgIpc) is 2.36. The summed E-state index contributed by atoms with van der Waals surface area (Å²) in [5.41, 5.74) is 0.832. The fraction of sp³-hybridized carbons (Fsp3) is 0.571. The number of unbranched alkanes of at least 4 members (excludes halogenated alkanes) is 1. The minimum atomic E-state index is -0.350. The number of rotatable bonds is 7. The van der Waals surface area contributed by atoms with E-state index in [4.69, 9.17) is 0 Å². The summed E-state index contributed by atoms with van der Waals surface area (Å²) in [5.74, 6) is 0. The largest absolute Gasteiger partial charge is 0.396 e. The van der Waals surface area contributed by atoms with Gasteiger partial charge in [0.15, 0.2) is 0 Å². The van der Waals surface area contributed by atoms with Gasteiger partial charge in [0.25, 0.3) is 0 Å². The molecule has 0 radical (unpaired) electrons. The van der Waals surface area contributed by atoms with Crippen LogP contribution < -0.4 is 0 Å². The van der Waals surface area contributed by atoms with Gasteiger partial charge in [0, 0.05) is 5.41 Å².